The maximum Gasteiger partial charge on any atom is 0.404 e. The molecule has 0 aliphatic rings. The zero-order valence-corrected chi connectivity index (χ0v) is 12.9. The number of hydrogen-bond acceptors (Lipinski definition) is 5. The van der Waals surface area contributed by atoms with E-state index in [9.17, 15) is 0 Å². The summed E-state index contributed by atoms with van der Waals surface area (Å²) in [5.74, 6) is 0.432. The highest BCUT2D eigenvalue weighted by molar-refractivity contribution is 6.71. The van der Waals surface area contributed by atoms with Gasteiger partial charge in [0.05, 0.1) is 6.61 Å². The molecule has 3 N–H and O–H groups in total. The van der Waals surface area contributed by atoms with Gasteiger partial charge < -0.3 is 19.8 Å². The van der Waals surface area contributed by atoms with Crippen LogP contribution >= 0.6 is 0 Å². The molecule has 0 radical (unpaired) electrons. The summed E-state index contributed by atoms with van der Waals surface area (Å²) in [6.07, 6.45) is 11.2. The average molecular weight is 296 g/mol. The summed E-state index contributed by atoms with van der Waals surface area (Å²) in [6.45, 7) is -0.642. The Hall–Kier alpha value is -1.11. The molecule has 1 aromatic heterocycles. The summed E-state index contributed by atoms with van der Waals surface area (Å²) in [6, 6.07) is 2.93. The van der Waals surface area contributed by atoms with Crippen LogP contribution in [0.4, 0.5) is 0 Å². The van der Waals surface area contributed by atoms with Crippen LogP contribution in [0.15, 0.2) is 18.3 Å². The van der Waals surface area contributed by atoms with Gasteiger partial charge in [-0.15, -0.1) is 5.46 Å². The molecule has 0 aliphatic carbocycles. The lowest BCUT2D eigenvalue weighted by molar-refractivity contribution is 0.249. The maximum absolute atomic E-state index is 9.02. The normalized spacial score (nSPS) is 11.6. The Bertz CT molecular complexity index is 378. The highest BCUT2D eigenvalue weighted by Crippen LogP contribution is 2.09. The van der Waals surface area contributed by atoms with Crippen LogP contribution in [0.1, 0.15) is 58.3 Å². The molecule has 1 aromatic rings. The molecule has 0 unspecified atom stereocenters. The Balaban J connectivity index is 2.08. The van der Waals surface area contributed by atoms with E-state index in [0.717, 1.165) is 12.8 Å². The Morgan fingerprint density at radius 2 is 1.57 bits per heavy atom. The predicted molar refractivity (Wildman–Crippen MR) is 84.4 cm³/mol. The SMILES string of the molecule is CCCCCCCCCCOc1ccc([B-](O)(O)O)cn1. The van der Waals surface area contributed by atoms with Gasteiger partial charge in [-0.2, -0.15) is 0 Å². The largest absolute Gasteiger partial charge is 0.556 e. The molecule has 0 aromatic carbocycles. The lowest BCUT2D eigenvalue weighted by Gasteiger charge is -2.20. The molecule has 0 saturated heterocycles. The minimum absolute atomic E-state index is 0.0190. The highest BCUT2D eigenvalue weighted by atomic mass is 16.5. The van der Waals surface area contributed by atoms with Crippen molar-refractivity contribution in [2.45, 2.75) is 58.3 Å². The van der Waals surface area contributed by atoms with Crippen molar-refractivity contribution in [1.29, 1.82) is 0 Å². The smallest absolute Gasteiger partial charge is 0.404 e. The topological polar surface area (TPSA) is 82.8 Å². The fourth-order valence-corrected chi connectivity index (χ4v) is 2.12. The van der Waals surface area contributed by atoms with Gasteiger partial charge in [0, 0.05) is 6.20 Å². The third-order valence-electron chi connectivity index (χ3n) is 3.45. The van der Waals surface area contributed by atoms with Gasteiger partial charge in [-0.05, 0) is 12.5 Å². The number of aromatic nitrogens is 1. The van der Waals surface area contributed by atoms with Crippen LogP contribution in [0.25, 0.3) is 0 Å². The molecule has 0 fully saturated rings. The van der Waals surface area contributed by atoms with Crippen LogP contribution in [0.5, 0.6) is 5.88 Å². The minimum Gasteiger partial charge on any atom is -0.556 e. The molecular formula is C15H27BNO4-. The van der Waals surface area contributed by atoms with Crippen molar-refractivity contribution in [1.82, 2.24) is 4.98 Å². The van der Waals surface area contributed by atoms with E-state index in [0.29, 0.717) is 12.5 Å². The Morgan fingerprint density at radius 3 is 2.10 bits per heavy atom. The van der Waals surface area contributed by atoms with Crippen molar-refractivity contribution in [2.24, 2.45) is 0 Å². The standard InChI is InChI=1S/C15H27BNO4/c1-2-3-4-5-6-7-8-9-12-21-15-11-10-14(13-17-15)16(18,19)20/h10-11,13,18-20H,2-9,12H2,1H3/q-1. The Labute approximate surface area is 127 Å². The van der Waals surface area contributed by atoms with Gasteiger partial charge in [0.1, 0.15) is 0 Å². The van der Waals surface area contributed by atoms with Crippen molar-refractivity contribution in [3.63, 3.8) is 0 Å². The summed E-state index contributed by atoms with van der Waals surface area (Å²) >= 11 is 0. The minimum atomic E-state index is -3.47. The second-order valence-electron chi connectivity index (χ2n) is 5.49. The lowest BCUT2D eigenvalue weighted by atomic mass is 9.72. The molecule has 0 bridgehead atoms. The number of pyridine rings is 1. The first kappa shape index (κ1) is 17.9. The van der Waals surface area contributed by atoms with E-state index < -0.39 is 6.75 Å². The van der Waals surface area contributed by atoms with E-state index in [-0.39, 0.29) is 5.46 Å². The van der Waals surface area contributed by atoms with Crippen LogP contribution in [0.3, 0.4) is 0 Å². The van der Waals surface area contributed by atoms with Gasteiger partial charge in [-0.1, -0.05) is 57.9 Å². The maximum atomic E-state index is 9.02. The number of ether oxygens (including phenoxy) is 1. The van der Waals surface area contributed by atoms with Gasteiger partial charge in [0.15, 0.2) is 0 Å². The summed E-state index contributed by atoms with van der Waals surface area (Å²) < 4.78 is 5.47. The Kier molecular flexibility index (Phi) is 8.34. The molecule has 1 heterocycles. The highest BCUT2D eigenvalue weighted by Gasteiger charge is 2.18. The molecule has 0 saturated carbocycles. The molecular weight excluding hydrogens is 269 g/mol. The van der Waals surface area contributed by atoms with E-state index in [1.807, 2.05) is 0 Å². The molecule has 0 spiro atoms. The first-order chi connectivity index (χ1) is 10.0. The fraction of sp³-hybridized carbons (Fsp3) is 0.667. The van der Waals surface area contributed by atoms with Crippen molar-refractivity contribution in [2.75, 3.05) is 6.61 Å². The van der Waals surface area contributed by atoms with Gasteiger partial charge in [-0.3, -0.25) is 0 Å². The van der Waals surface area contributed by atoms with Gasteiger partial charge in [0.25, 0.3) is 0 Å². The number of hydrogen-bond donors (Lipinski definition) is 3. The molecule has 21 heavy (non-hydrogen) atoms. The second kappa shape index (κ2) is 9.76. The van der Waals surface area contributed by atoms with Crippen LogP contribution in [0.2, 0.25) is 0 Å². The average Bonchev–Trinajstić information content (AvgIpc) is 2.45. The summed E-state index contributed by atoms with van der Waals surface area (Å²) in [5, 5.41) is 27.1. The molecule has 0 aliphatic heterocycles. The third kappa shape index (κ3) is 8.04. The van der Waals surface area contributed by atoms with Gasteiger partial charge in [0.2, 0.25) is 5.88 Å². The van der Waals surface area contributed by atoms with Crippen LogP contribution < -0.4 is 10.2 Å². The van der Waals surface area contributed by atoms with Crippen LogP contribution in [-0.4, -0.2) is 33.4 Å². The summed E-state index contributed by atoms with van der Waals surface area (Å²) in [4.78, 5) is 3.93. The van der Waals surface area contributed by atoms with Crippen LogP contribution in [0, 0.1) is 0 Å². The zero-order chi connectivity index (χ0) is 15.6. The quantitative estimate of drug-likeness (QED) is 0.428. The molecule has 120 valence electrons. The van der Waals surface area contributed by atoms with Gasteiger partial charge in [-0.25, -0.2) is 4.98 Å². The third-order valence-corrected chi connectivity index (χ3v) is 3.45. The van der Waals surface area contributed by atoms with Gasteiger partial charge >= 0.3 is 6.75 Å². The Morgan fingerprint density at radius 1 is 0.952 bits per heavy atom. The first-order valence-electron chi connectivity index (χ1n) is 7.94. The predicted octanol–water partition coefficient (Wildman–Crippen LogP) is 1.72. The van der Waals surface area contributed by atoms with Crippen LogP contribution in [-0.2, 0) is 0 Å². The number of nitrogens with zero attached hydrogens (tertiary/aromatic N) is 1. The van der Waals surface area contributed by atoms with Crippen molar-refractivity contribution in [3.05, 3.63) is 18.3 Å². The van der Waals surface area contributed by atoms with E-state index >= 15 is 0 Å². The first-order valence-corrected chi connectivity index (χ1v) is 7.94. The van der Waals surface area contributed by atoms with E-state index in [2.05, 4.69) is 11.9 Å². The molecule has 5 nitrogen and oxygen atoms in total. The van der Waals surface area contributed by atoms with E-state index in [1.165, 1.54) is 56.9 Å². The fourth-order valence-electron chi connectivity index (χ4n) is 2.12. The lowest BCUT2D eigenvalue weighted by Crippen LogP contribution is -2.48. The van der Waals surface area contributed by atoms with E-state index in [4.69, 9.17) is 19.8 Å². The molecule has 0 atom stereocenters. The molecule has 1 rings (SSSR count). The van der Waals surface area contributed by atoms with Crippen molar-refractivity contribution >= 4 is 12.2 Å². The van der Waals surface area contributed by atoms with Crippen molar-refractivity contribution in [3.8, 4) is 5.88 Å². The number of rotatable bonds is 11. The zero-order valence-electron chi connectivity index (χ0n) is 12.9. The summed E-state index contributed by atoms with van der Waals surface area (Å²) in [5.41, 5.74) is -0.0190. The van der Waals surface area contributed by atoms with E-state index in [1.54, 1.807) is 0 Å². The van der Waals surface area contributed by atoms with Crippen molar-refractivity contribution < 1.29 is 19.8 Å². The molecule has 6 heteroatoms. The molecule has 0 amide bonds. The summed E-state index contributed by atoms with van der Waals surface area (Å²) in [7, 11) is 0. The second-order valence-corrected chi connectivity index (χ2v) is 5.49. The number of unbranched alkanes of at least 4 members (excludes halogenated alkanes) is 7. The monoisotopic (exact) mass is 296 g/mol.